The van der Waals surface area contributed by atoms with Crippen LogP contribution in [0.15, 0.2) is 48.5 Å². The number of carbonyl (C=O) groups excluding carboxylic acids is 2. The summed E-state index contributed by atoms with van der Waals surface area (Å²) in [7, 11) is 0. The molecule has 0 aliphatic heterocycles. The summed E-state index contributed by atoms with van der Waals surface area (Å²) in [5.41, 5.74) is 0.662. The van der Waals surface area contributed by atoms with E-state index >= 15 is 0 Å². The van der Waals surface area contributed by atoms with E-state index in [1.165, 1.54) is 12.1 Å². The molecule has 0 unspecified atom stereocenters. The average molecular weight is 357 g/mol. The molecular formula is C16H14N2NiO4. The van der Waals surface area contributed by atoms with Crippen LogP contribution in [0, 0.1) is 10.8 Å². The van der Waals surface area contributed by atoms with Crippen molar-refractivity contribution in [3.8, 4) is 11.5 Å². The van der Waals surface area contributed by atoms with Crippen molar-refractivity contribution in [2.75, 3.05) is 0 Å². The summed E-state index contributed by atoms with van der Waals surface area (Å²) in [4.78, 5) is 20.1. The molecule has 0 radical (unpaired) electrons. The first-order valence-corrected chi connectivity index (χ1v) is 5.90. The van der Waals surface area contributed by atoms with E-state index in [0.717, 1.165) is 0 Å². The molecule has 0 atom stereocenters. The third kappa shape index (κ3) is 9.56. The topological polar surface area (TPSA) is 122 Å². The Balaban J connectivity index is 0. The maximum Gasteiger partial charge on any atom is 0.153 e. The maximum absolute atomic E-state index is 10.1. The average Bonchev–Trinajstić information content (AvgIpc) is 2.56. The number of aldehydes is 2. The van der Waals surface area contributed by atoms with Crippen molar-refractivity contribution in [3.63, 3.8) is 0 Å². The Kier molecular flexibility index (Phi) is 13.6. The standard InChI is InChI=1S/2C7H6O2.C2H2N2.Ni/c2*8-5-6-3-1-2-4-7(6)9;3-1-2-4;/h2*1-5,9H;3-4H;. The Morgan fingerprint density at radius 3 is 1.22 bits per heavy atom. The second kappa shape index (κ2) is 14.0. The molecule has 7 heteroatoms. The third-order valence-electron chi connectivity index (χ3n) is 2.19. The number of aromatic hydroxyl groups is 2. The zero-order chi connectivity index (χ0) is 16.8. The molecule has 2 aromatic rings. The summed E-state index contributed by atoms with van der Waals surface area (Å²) >= 11 is 0. The second-order valence-corrected chi connectivity index (χ2v) is 3.60. The Morgan fingerprint density at radius 2 is 1.04 bits per heavy atom. The summed E-state index contributed by atoms with van der Waals surface area (Å²) in [6.45, 7) is 0. The predicted octanol–water partition coefficient (Wildman–Crippen LogP) is 2.45. The number of benzene rings is 2. The Labute approximate surface area is 143 Å². The fourth-order valence-electron chi connectivity index (χ4n) is 1.17. The maximum atomic E-state index is 10.1. The van der Waals surface area contributed by atoms with Crippen LogP contribution >= 0.6 is 0 Å². The van der Waals surface area contributed by atoms with E-state index in [9.17, 15) is 9.59 Å². The van der Waals surface area contributed by atoms with E-state index in [0.29, 0.717) is 23.7 Å². The summed E-state index contributed by atoms with van der Waals surface area (Å²) in [6.07, 6.45) is 1.24. The first kappa shape index (κ1) is 22.3. The van der Waals surface area contributed by atoms with Crippen molar-refractivity contribution >= 4 is 24.3 Å². The molecule has 0 aliphatic rings. The summed E-state index contributed by atoms with van der Waals surface area (Å²) in [5, 5.41) is 29.6. The molecule has 0 heterocycles. The van der Waals surface area contributed by atoms with Gasteiger partial charge >= 0.3 is 0 Å². The number of rotatable bonds is 2. The Morgan fingerprint density at radius 1 is 0.739 bits per heavy atom. The molecule has 0 aromatic heterocycles. The molecule has 122 valence electrons. The van der Waals surface area contributed by atoms with Gasteiger partial charge in [0.25, 0.3) is 0 Å². The van der Waals surface area contributed by atoms with Crippen LogP contribution < -0.4 is 0 Å². The zero-order valence-electron chi connectivity index (χ0n) is 11.8. The summed E-state index contributed by atoms with van der Waals surface area (Å²) in [5.74, 6) is 3.26. The van der Waals surface area contributed by atoms with Gasteiger partial charge in [0.2, 0.25) is 0 Å². The van der Waals surface area contributed by atoms with Crippen LogP contribution in [0.3, 0.4) is 0 Å². The van der Waals surface area contributed by atoms with Crippen molar-refractivity contribution in [3.05, 3.63) is 59.7 Å². The van der Waals surface area contributed by atoms with Gasteiger partial charge in [-0.1, -0.05) is 24.3 Å². The van der Waals surface area contributed by atoms with Crippen molar-refractivity contribution in [2.45, 2.75) is 0 Å². The summed E-state index contributed by atoms with van der Waals surface area (Å²) < 4.78 is 0. The zero-order valence-corrected chi connectivity index (χ0v) is 12.8. The van der Waals surface area contributed by atoms with Crippen molar-refractivity contribution in [1.82, 2.24) is 0 Å². The number of phenolic OH excluding ortho intramolecular Hbond substituents is 2. The molecule has 0 aliphatic carbocycles. The first-order chi connectivity index (χ1) is 10.6. The van der Waals surface area contributed by atoms with E-state index in [-0.39, 0.29) is 28.0 Å². The van der Waals surface area contributed by atoms with Gasteiger partial charge in [-0.15, -0.1) is 0 Å². The van der Waals surface area contributed by atoms with Gasteiger partial charge in [0.1, 0.15) is 11.5 Å². The summed E-state index contributed by atoms with van der Waals surface area (Å²) in [6, 6.07) is 12.8. The minimum Gasteiger partial charge on any atom is -0.507 e. The Hall–Kier alpha value is -2.97. The molecule has 0 spiro atoms. The molecule has 0 bridgehead atoms. The van der Waals surface area contributed by atoms with Gasteiger partial charge in [0.15, 0.2) is 12.6 Å². The molecule has 0 saturated carbocycles. The minimum absolute atomic E-state index is 0. The normalized spacial score (nSPS) is 7.48. The fraction of sp³-hybridized carbons (Fsp3) is 0. The molecule has 0 saturated heterocycles. The second-order valence-electron chi connectivity index (χ2n) is 3.60. The Bertz CT molecular complexity index is 634. The monoisotopic (exact) mass is 356 g/mol. The van der Waals surface area contributed by atoms with Crippen LogP contribution in [0.5, 0.6) is 11.5 Å². The van der Waals surface area contributed by atoms with E-state index in [2.05, 4.69) is 0 Å². The molecular weight excluding hydrogens is 343 g/mol. The molecule has 2 aromatic carbocycles. The molecule has 23 heavy (non-hydrogen) atoms. The van der Waals surface area contributed by atoms with Gasteiger partial charge in [-0.3, -0.25) is 9.59 Å². The van der Waals surface area contributed by atoms with Gasteiger partial charge in [0, 0.05) is 16.5 Å². The molecule has 0 amide bonds. The number of hydrogen-bond acceptors (Lipinski definition) is 6. The number of nitrogens with one attached hydrogen (secondary N) is 2. The van der Waals surface area contributed by atoms with Crippen LogP contribution in [0.4, 0.5) is 0 Å². The van der Waals surface area contributed by atoms with Crippen LogP contribution in [0.25, 0.3) is 0 Å². The van der Waals surface area contributed by atoms with Crippen LogP contribution in [-0.4, -0.2) is 34.5 Å². The third-order valence-corrected chi connectivity index (χ3v) is 2.19. The number of carbonyl (C=O) groups is 2. The van der Waals surface area contributed by atoms with Crippen LogP contribution in [-0.2, 0) is 16.5 Å². The largest absolute Gasteiger partial charge is 0.507 e. The van der Waals surface area contributed by atoms with E-state index < -0.39 is 0 Å². The van der Waals surface area contributed by atoms with Crippen molar-refractivity contribution < 1.29 is 36.3 Å². The first-order valence-electron chi connectivity index (χ1n) is 5.90. The predicted molar refractivity (Wildman–Crippen MR) is 82.4 cm³/mol. The smallest absolute Gasteiger partial charge is 0.153 e. The van der Waals surface area contributed by atoms with Crippen LogP contribution in [0.1, 0.15) is 20.7 Å². The molecule has 4 N–H and O–H groups in total. The fourth-order valence-corrected chi connectivity index (χ4v) is 1.17. The van der Waals surface area contributed by atoms with Gasteiger partial charge in [-0.2, -0.15) is 0 Å². The number of para-hydroxylation sites is 2. The van der Waals surface area contributed by atoms with Gasteiger partial charge < -0.3 is 10.2 Å². The van der Waals surface area contributed by atoms with Gasteiger partial charge in [0.05, 0.1) is 22.9 Å². The van der Waals surface area contributed by atoms with E-state index in [1.807, 2.05) is 0 Å². The van der Waals surface area contributed by atoms with Crippen molar-refractivity contribution in [1.29, 1.82) is 10.8 Å². The molecule has 0 fully saturated rings. The molecule has 2 rings (SSSR count). The number of phenols is 2. The van der Waals surface area contributed by atoms with Gasteiger partial charge in [-0.25, -0.2) is 10.8 Å². The minimum atomic E-state index is 0. The SMILES string of the molecule is N=C=C=N.O=Cc1ccccc1O.O=Cc1ccccc1O.[Ni]. The van der Waals surface area contributed by atoms with Crippen molar-refractivity contribution in [2.24, 2.45) is 0 Å². The van der Waals surface area contributed by atoms with Crippen LogP contribution in [0.2, 0.25) is 0 Å². The van der Waals surface area contributed by atoms with Gasteiger partial charge in [-0.05, 0) is 24.3 Å². The number of hydrogen-bond donors (Lipinski definition) is 4. The molecule has 6 nitrogen and oxygen atoms in total. The van der Waals surface area contributed by atoms with E-state index in [4.69, 9.17) is 21.0 Å². The quantitative estimate of drug-likeness (QED) is 0.375. The van der Waals surface area contributed by atoms with E-state index in [1.54, 1.807) is 48.1 Å².